The van der Waals surface area contributed by atoms with Gasteiger partial charge in [-0.2, -0.15) is 5.10 Å². The van der Waals surface area contributed by atoms with E-state index in [1.807, 2.05) is 0 Å². The molecule has 0 radical (unpaired) electrons. The van der Waals surface area contributed by atoms with Crippen LogP contribution in [0, 0.1) is 0 Å². The Bertz CT molecular complexity index is 715. The number of nitrogens with two attached hydrogens (primary N) is 2. The molecule has 0 fully saturated rings. The van der Waals surface area contributed by atoms with Crippen LogP contribution >= 0.6 is 0 Å². The Morgan fingerprint density at radius 3 is 2.26 bits per heavy atom. The molecule has 10 heteroatoms. The maximum atomic E-state index is 5.69. The Morgan fingerprint density at radius 1 is 1.13 bits per heavy atom. The first kappa shape index (κ1) is 16.1. The summed E-state index contributed by atoms with van der Waals surface area (Å²) in [7, 11) is 4.57. The largest absolute Gasteiger partial charge is 0.493 e. The zero-order chi connectivity index (χ0) is 16.8. The van der Waals surface area contributed by atoms with Gasteiger partial charge in [0.25, 0.3) is 0 Å². The zero-order valence-corrected chi connectivity index (χ0v) is 12.8. The van der Waals surface area contributed by atoms with Gasteiger partial charge in [-0.05, 0) is 22.4 Å². The molecule has 2 aromatic rings. The number of aromatic nitrogens is 2. The summed E-state index contributed by atoms with van der Waals surface area (Å²) in [6, 6.07) is 3.42. The smallest absolute Gasteiger partial charge is 0.203 e. The van der Waals surface area contributed by atoms with Gasteiger partial charge in [0.15, 0.2) is 28.8 Å². The van der Waals surface area contributed by atoms with Crippen LogP contribution in [0.4, 0.5) is 5.82 Å². The second-order valence-electron chi connectivity index (χ2n) is 4.19. The molecular weight excluding hydrogens is 304 g/mol. The lowest BCUT2D eigenvalue weighted by Gasteiger charge is -2.12. The van der Waals surface area contributed by atoms with Gasteiger partial charge in [-0.25, -0.2) is 4.63 Å². The van der Waals surface area contributed by atoms with E-state index in [4.69, 9.17) is 25.7 Å². The molecule has 0 bridgehead atoms. The van der Waals surface area contributed by atoms with E-state index < -0.39 is 0 Å². The number of methoxy groups -OCH3 is 3. The van der Waals surface area contributed by atoms with Gasteiger partial charge in [-0.15, -0.1) is 5.10 Å². The van der Waals surface area contributed by atoms with Gasteiger partial charge in [0, 0.05) is 5.56 Å². The molecule has 0 saturated carbocycles. The van der Waals surface area contributed by atoms with Crippen molar-refractivity contribution in [1.29, 1.82) is 0 Å². The Labute approximate surface area is 131 Å². The second kappa shape index (κ2) is 7.11. The molecule has 1 heterocycles. The van der Waals surface area contributed by atoms with E-state index in [1.165, 1.54) is 27.5 Å². The summed E-state index contributed by atoms with van der Waals surface area (Å²) < 4.78 is 20.2. The lowest BCUT2D eigenvalue weighted by Crippen LogP contribution is -2.15. The van der Waals surface area contributed by atoms with Crippen molar-refractivity contribution in [1.82, 2.24) is 10.3 Å². The first-order chi connectivity index (χ1) is 11.1. The van der Waals surface area contributed by atoms with E-state index in [1.54, 1.807) is 12.1 Å². The van der Waals surface area contributed by atoms with Crippen molar-refractivity contribution in [2.24, 2.45) is 15.9 Å². The van der Waals surface area contributed by atoms with Crippen LogP contribution in [-0.2, 0) is 0 Å². The van der Waals surface area contributed by atoms with Gasteiger partial charge in [-0.3, -0.25) is 0 Å². The van der Waals surface area contributed by atoms with Gasteiger partial charge >= 0.3 is 0 Å². The molecule has 0 atom stereocenters. The minimum absolute atomic E-state index is 0.0209. The lowest BCUT2D eigenvalue weighted by molar-refractivity contribution is 0.308. The third kappa shape index (κ3) is 3.48. The van der Waals surface area contributed by atoms with Crippen LogP contribution in [0.1, 0.15) is 11.3 Å². The second-order valence-corrected chi connectivity index (χ2v) is 4.19. The highest BCUT2D eigenvalue weighted by Gasteiger charge is 2.12. The minimum Gasteiger partial charge on any atom is -0.493 e. The first-order valence-corrected chi connectivity index (χ1v) is 6.35. The average molecular weight is 320 g/mol. The number of nitrogens with zero attached hydrogens (tertiary/aromatic N) is 4. The number of hydrogen-bond acceptors (Lipinski definition) is 9. The van der Waals surface area contributed by atoms with Crippen molar-refractivity contribution >= 4 is 17.9 Å². The van der Waals surface area contributed by atoms with Crippen molar-refractivity contribution in [3.63, 3.8) is 0 Å². The summed E-state index contributed by atoms with van der Waals surface area (Å²) in [5, 5.41) is 14.6. The summed E-state index contributed by atoms with van der Waals surface area (Å²) in [6.07, 6.45) is 1.46. The standard InChI is InChI=1S/C13H16N6O4/c1-20-8-4-7(5-9(21-2)11(8)22-3)6-16-17-12(14)10-13(15)19-23-18-10/h4-6H,1-3H3,(H2,14,17)(H2,15,19)/b16-6+. The van der Waals surface area contributed by atoms with E-state index >= 15 is 0 Å². The van der Waals surface area contributed by atoms with E-state index in [-0.39, 0.29) is 17.3 Å². The lowest BCUT2D eigenvalue weighted by atomic mass is 10.2. The number of rotatable bonds is 6. The molecule has 0 unspecified atom stereocenters. The highest BCUT2D eigenvalue weighted by atomic mass is 16.6. The quantitative estimate of drug-likeness (QED) is 0.442. The SMILES string of the molecule is COc1cc(/C=N/N=C(\N)c2nonc2N)cc(OC)c1OC. The van der Waals surface area contributed by atoms with Crippen LogP contribution in [0.15, 0.2) is 27.0 Å². The highest BCUT2D eigenvalue weighted by molar-refractivity contribution is 5.99. The Morgan fingerprint density at radius 2 is 1.78 bits per heavy atom. The fraction of sp³-hybridized carbons (Fsp3) is 0.231. The van der Waals surface area contributed by atoms with Crippen LogP contribution in [0.25, 0.3) is 0 Å². The van der Waals surface area contributed by atoms with Gasteiger partial charge in [-0.1, -0.05) is 0 Å². The predicted molar refractivity (Wildman–Crippen MR) is 83.1 cm³/mol. The number of nitrogen functional groups attached to an aromatic ring is 1. The first-order valence-electron chi connectivity index (χ1n) is 6.35. The average Bonchev–Trinajstić information content (AvgIpc) is 2.99. The summed E-state index contributed by atoms with van der Waals surface area (Å²) in [5.74, 6) is 1.49. The van der Waals surface area contributed by atoms with Gasteiger partial charge in [0.05, 0.1) is 27.5 Å². The molecule has 0 saturated heterocycles. The Balaban J connectivity index is 2.27. The number of anilines is 1. The molecule has 0 amide bonds. The predicted octanol–water partition coefficient (Wildman–Crippen LogP) is 0.417. The van der Waals surface area contributed by atoms with Crippen molar-refractivity contribution in [2.45, 2.75) is 0 Å². The molecule has 23 heavy (non-hydrogen) atoms. The van der Waals surface area contributed by atoms with Gasteiger partial charge in [0.2, 0.25) is 5.75 Å². The number of hydrogen-bond donors (Lipinski definition) is 2. The zero-order valence-electron chi connectivity index (χ0n) is 12.8. The maximum absolute atomic E-state index is 5.69. The number of amidine groups is 1. The molecule has 2 rings (SSSR count). The number of benzene rings is 1. The molecular formula is C13H16N6O4. The van der Waals surface area contributed by atoms with Gasteiger partial charge in [0.1, 0.15) is 0 Å². The van der Waals surface area contributed by atoms with E-state index in [0.29, 0.717) is 22.8 Å². The highest BCUT2D eigenvalue weighted by Crippen LogP contribution is 2.37. The summed E-state index contributed by atoms with van der Waals surface area (Å²) >= 11 is 0. The topological polar surface area (TPSA) is 143 Å². The third-order valence-corrected chi connectivity index (χ3v) is 2.82. The van der Waals surface area contributed by atoms with Crippen LogP contribution in [0.2, 0.25) is 0 Å². The van der Waals surface area contributed by atoms with Crippen molar-refractivity contribution < 1.29 is 18.8 Å². The number of ether oxygens (including phenoxy) is 3. The fourth-order valence-corrected chi connectivity index (χ4v) is 1.75. The van der Waals surface area contributed by atoms with E-state index in [9.17, 15) is 0 Å². The molecule has 0 aliphatic rings. The molecule has 4 N–H and O–H groups in total. The maximum Gasteiger partial charge on any atom is 0.203 e. The van der Waals surface area contributed by atoms with Crippen LogP contribution in [0.3, 0.4) is 0 Å². The summed E-state index contributed by atoms with van der Waals surface area (Å²) in [6.45, 7) is 0. The Kier molecular flexibility index (Phi) is 4.97. The molecule has 0 spiro atoms. The minimum atomic E-state index is -0.0209. The van der Waals surface area contributed by atoms with Crippen LogP contribution in [0.5, 0.6) is 17.2 Å². The van der Waals surface area contributed by atoms with Crippen molar-refractivity contribution in [2.75, 3.05) is 27.1 Å². The normalized spacial score (nSPS) is 11.7. The van der Waals surface area contributed by atoms with Crippen molar-refractivity contribution in [3.8, 4) is 17.2 Å². The molecule has 0 aliphatic heterocycles. The third-order valence-electron chi connectivity index (χ3n) is 2.82. The molecule has 1 aromatic carbocycles. The molecule has 1 aromatic heterocycles. The van der Waals surface area contributed by atoms with Crippen LogP contribution in [-0.4, -0.2) is 43.7 Å². The molecule has 10 nitrogen and oxygen atoms in total. The fourth-order valence-electron chi connectivity index (χ4n) is 1.75. The monoisotopic (exact) mass is 320 g/mol. The molecule has 0 aliphatic carbocycles. The van der Waals surface area contributed by atoms with Gasteiger partial charge < -0.3 is 25.7 Å². The van der Waals surface area contributed by atoms with E-state index in [0.717, 1.165) is 0 Å². The summed E-state index contributed by atoms with van der Waals surface area (Å²) in [4.78, 5) is 0. The van der Waals surface area contributed by atoms with E-state index in [2.05, 4.69) is 25.1 Å². The van der Waals surface area contributed by atoms with Crippen molar-refractivity contribution in [3.05, 3.63) is 23.4 Å². The molecule has 122 valence electrons. The Hall–Kier alpha value is -3.30. The summed E-state index contributed by atoms with van der Waals surface area (Å²) in [5.41, 5.74) is 12.0. The van der Waals surface area contributed by atoms with Crippen LogP contribution < -0.4 is 25.7 Å².